The Labute approximate surface area is 197 Å². The number of nitrogens with zero attached hydrogens (tertiary/aromatic N) is 1. The SMILES string of the molecule is CO[C@]12SCC(COC(C)=O)=C(C(=O)[O-])N1C(=O)C2NC(=O)Cc1cccs1.[Na+]. The molecule has 0 aromatic carbocycles. The predicted octanol–water partition coefficient (Wildman–Crippen LogP) is -3.76. The van der Waals surface area contributed by atoms with Crippen molar-refractivity contribution < 1.29 is 63.3 Å². The van der Waals surface area contributed by atoms with E-state index in [1.807, 2.05) is 11.4 Å². The first-order valence-corrected chi connectivity index (χ1v) is 10.1. The number of β-lactam (4-membered cyclic amide) rings is 1. The number of carbonyl (C=O) groups excluding carboxylic acids is 4. The van der Waals surface area contributed by atoms with Gasteiger partial charge in [-0.05, 0) is 11.4 Å². The van der Waals surface area contributed by atoms with Crippen molar-refractivity contribution in [3.05, 3.63) is 33.7 Å². The largest absolute Gasteiger partial charge is 1.00 e. The van der Waals surface area contributed by atoms with Crippen molar-refractivity contribution in [2.45, 2.75) is 24.4 Å². The van der Waals surface area contributed by atoms with Gasteiger partial charge in [0.05, 0.1) is 18.1 Å². The molecule has 1 fully saturated rings. The smallest absolute Gasteiger partial charge is 0.543 e. The third kappa shape index (κ3) is 4.54. The number of hydrogen-bond donors (Lipinski definition) is 1. The monoisotopic (exact) mass is 448 g/mol. The number of carbonyl (C=O) groups is 4. The Bertz CT molecular complexity index is 858. The second-order valence-corrected chi connectivity index (χ2v) is 8.27. The predicted molar refractivity (Wildman–Crippen MR) is 97.7 cm³/mol. The van der Waals surface area contributed by atoms with Crippen molar-refractivity contribution in [3.63, 3.8) is 0 Å². The van der Waals surface area contributed by atoms with Crippen LogP contribution in [0.2, 0.25) is 0 Å². The van der Waals surface area contributed by atoms with Crippen molar-refractivity contribution in [2.75, 3.05) is 19.5 Å². The number of esters is 1. The fourth-order valence-electron chi connectivity index (χ4n) is 3.07. The van der Waals surface area contributed by atoms with Crippen molar-refractivity contribution in [1.29, 1.82) is 0 Å². The van der Waals surface area contributed by atoms with E-state index < -0.39 is 34.6 Å². The summed E-state index contributed by atoms with van der Waals surface area (Å²) in [5.74, 6) is -3.03. The van der Waals surface area contributed by atoms with Crippen LogP contribution in [0.15, 0.2) is 28.8 Å². The molecule has 1 unspecified atom stereocenters. The van der Waals surface area contributed by atoms with E-state index in [0.717, 1.165) is 21.5 Å². The summed E-state index contributed by atoms with van der Waals surface area (Å²) in [5, 5.41) is 14.8. The molecule has 29 heavy (non-hydrogen) atoms. The quantitative estimate of drug-likeness (QED) is 0.256. The molecule has 2 atom stereocenters. The molecule has 0 spiro atoms. The topological polar surface area (TPSA) is 125 Å². The standard InChI is InChI=1S/C17H18N2O7S2.Na/c1-9(20)26-7-10-8-28-17(25-2)14(15(22)19(17)13(10)16(23)24)18-12(21)6-11-4-3-5-27-11;/h3-5,14H,6-8H2,1-2H3,(H,18,21)(H,23,24);/q;+1/p-1/t14?,17-;/m1./s1. The molecule has 1 N–H and O–H groups in total. The molecule has 0 radical (unpaired) electrons. The van der Waals surface area contributed by atoms with Crippen LogP contribution >= 0.6 is 23.1 Å². The number of aliphatic carboxylic acids is 1. The molecule has 0 aliphatic carbocycles. The fraction of sp³-hybridized carbons (Fsp3) is 0.412. The average Bonchev–Trinajstić information content (AvgIpc) is 3.15. The normalized spacial score (nSPS) is 22.9. The molecule has 2 aliphatic heterocycles. The molecule has 0 bridgehead atoms. The Balaban J connectivity index is 0.00000300. The van der Waals surface area contributed by atoms with Crippen LogP contribution in [0.25, 0.3) is 0 Å². The molecule has 2 aliphatic rings. The zero-order valence-electron chi connectivity index (χ0n) is 16.1. The number of ether oxygens (including phenoxy) is 2. The number of thioether (sulfide) groups is 1. The molecule has 0 saturated carbocycles. The van der Waals surface area contributed by atoms with E-state index in [9.17, 15) is 24.3 Å². The van der Waals surface area contributed by atoms with Gasteiger partial charge in [0.15, 0.2) is 6.04 Å². The van der Waals surface area contributed by atoms with E-state index in [0.29, 0.717) is 0 Å². The minimum atomic E-state index is -1.58. The van der Waals surface area contributed by atoms with E-state index >= 15 is 0 Å². The molecular formula is C17H17N2NaO7S2. The second kappa shape index (κ2) is 9.63. The first-order chi connectivity index (χ1) is 13.3. The zero-order chi connectivity index (χ0) is 20.5. The molecule has 1 aromatic heterocycles. The molecular weight excluding hydrogens is 431 g/mol. The van der Waals surface area contributed by atoms with Gasteiger partial charge in [-0.1, -0.05) is 17.8 Å². The summed E-state index contributed by atoms with van der Waals surface area (Å²) < 4.78 is 10.3. The number of carboxylic acids is 1. The summed E-state index contributed by atoms with van der Waals surface area (Å²) >= 11 is 2.55. The minimum absolute atomic E-state index is 0. The van der Waals surface area contributed by atoms with Crippen LogP contribution in [-0.4, -0.2) is 59.2 Å². The van der Waals surface area contributed by atoms with Gasteiger partial charge in [-0.15, -0.1) is 11.3 Å². The van der Waals surface area contributed by atoms with Gasteiger partial charge in [0.25, 0.3) is 5.91 Å². The molecule has 2 amide bonds. The number of fused-ring (bicyclic) bond motifs is 1. The van der Waals surface area contributed by atoms with Gasteiger partial charge in [-0.2, -0.15) is 0 Å². The Morgan fingerprint density at radius 3 is 2.69 bits per heavy atom. The number of carboxylic acid groups (broad SMARTS) is 1. The third-order valence-corrected chi connectivity index (χ3v) is 6.68. The van der Waals surface area contributed by atoms with E-state index in [1.54, 1.807) is 6.07 Å². The van der Waals surface area contributed by atoms with Gasteiger partial charge in [0.1, 0.15) is 6.61 Å². The van der Waals surface area contributed by atoms with Crippen LogP contribution in [0, 0.1) is 0 Å². The van der Waals surface area contributed by atoms with Crippen LogP contribution in [0.4, 0.5) is 0 Å². The number of methoxy groups -OCH3 is 1. The first-order valence-electron chi connectivity index (χ1n) is 8.21. The fourth-order valence-corrected chi connectivity index (χ4v) is 5.13. The van der Waals surface area contributed by atoms with E-state index in [2.05, 4.69) is 5.32 Å². The summed E-state index contributed by atoms with van der Waals surface area (Å²) in [6.45, 7) is 0.924. The Morgan fingerprint density at radius 1 is 1.41 bits per heavy atom. The van der Waals surface area contributed by atoms with Crippen molar-refractivity contribution in [3.8, 4) is 0 Å². The maximum absolute atomic E-state index is 12.7. The Morgan fingerprint density at radius 2 is 2.14 bits per heavy atom. The molecule has 3 heterocycles. The van der Waals surface area contributed by atoms with Gasteiger partial charge >= 0.3 is 35.5 Å². The van der Waals surface area contributed by atoms with Gasteiger partial charge in [0, 0.05) is 30.2 Å². The van der Waals surface area contributed by atoms with E-state index in [-0.39, 0.29) is 59.8 Å². The molecule has 9 nitrogen and oxygen atoms in total. The summed E-state index contributed by atoms with van der Waals surface area (Å²) in [6.07, 6.45) is 0.104. The van der Waals surface area contributed by atoms with Crippen LogP contribution in [0.1, 0.15) is 11.8 Å². The van der Waals surface area contributed by atoms with Gasteiger partial charge in [0.2, 0.25) is 11.0 Å². The van der Waals surface area contributed by atoms with Crippen LogP contribution < -0.4 is 40.0 Å². The number of hydrogen-bond acceptors (Lipinski definition) is 9. The Kier molecular flexibility index (Phi) is 7.93. The molecule has 1 aromatic rings. The Hall–Kier alpha value is -1.37. The molecule has 3 rings (SSSR count). The van der Waals surface area contributed by atoms with Gasteiger partial charge < -0.3 is 24.7 Å². The summed E-state index contributed by atoms with van der Waals surface area (Å²) in [4.78, 5) is 49.5. The number of thiophene rings is 1. The number of amides is 2. The maximum atomic E-state index is 12.7. The summed E-state index contributed by atoms with van der Waals surface area (Å²) in [7, 11) is 1.33. The minimum Gasteiger partial charge on any atom is -0.543 e. The molecule has 12 heteroatoms. The van der Waals surface area contributed by atoms with E-state index in [4.69, 9.17) is 9.47 Å². The average molecular weight is 448 g/mol. The van der Waals surface area contributed by atoms with Crippen molar-refractivity contribution >= 4 is 46.9 Å². The van der Waals surface area contributed by atoms with Crippen molar-refractivity contribution in [2.24, 2.45) is 0 Å². The van der Waals surface area contributed by atoms with Crippen LogP contribution in [0.5, 0.6) is 0 Å². The summed E-state index contributed by atoms with van der Waals surface area (Å²) in [6, 6.07) is 2.58. The van der Waals surface area contributed by atoms with Gasteiger partial charge in [-0.25, -0.2) is 0 Å². The molecule has 1 saturated heterocycles. The van der Waals surface area contributed by atoms with Crippen LogP contribution in [0.3, 0.4) is 0 Å². The van der Waals surface area contributed by atoms with Crippen molar-refractivity contribution in [1.82, 2.24) is 10.2 Å². The molecule has 150 valence electrons. The van der Waals surface area contributed by atoms with E-state index in [1.165, 1.54) is 25.4 Å². The number of nitrogens with one attached hydrogen (secondary N) is 1. The zero-order valence-corrected chi connectivity index (χ0v) is 19.7. The maximum Gasteiger partial charge on any atom is 1.00 e. The third-order valence-electron chi connectivity index (χ3n) is 4.31. The summed E-state index contributed by atoms with van der Waals surface area (Å²) in [5.41, 5.74) is -0.166. The first kappa shape index (κ1) is 23.9. The second-order valence-electron chi connectivity index (χ2n) is 6.07. The number of rotatable bonds is 7. The van der Waals surface area contributed by atoms with Crippen LogP contribution in [-0.2, 0) is 35.1 Å². The van der Waals surface area contributed by atoms with Gasteiger partial charge in [-0.3, -0.25) is 19.3 Å².